The fourth-order valence-corrected chi connectivity index (χ4v) is 1.77. The molecule has 0 bridgehead atoms. The second-order valence-corrected chi connectivity index (χ2v) is 4.41. The number of anilines is 2. The number of hydrogen-bond donors (Lipinski definition) is 4. The Bertz CT molecular complexity index is 624. The maximum absolute atomic E-state index is 11.8. The number of urea groups is 1. The van der Waals surface area contributed by atoms with Crippen molar-refractivity contribution in [3.05, 3.63) is 60.2 Å². The largest absolute Gasteiger partial charge is 0.409 e. The summed E-state index contributed by atoms with van der Waals surface area (Å²) in [6.45, 7) is 0. The molecule has 6 heteroatoms. The Morgan fingerprint density at radius 2 is 1.57 bits per heavy atom. The Hall–Kier alpha value is -3.02. The fourth-order valence-electron chi connectivity index (χ4n) is 1.77. The molecule has 0 saturated heterocycles. The topological polar surface area (TPSA) is 99.7 Å². The van der Waals surface area contributed by atoms with Crippen LogP contribution in [0.3, 0.4) is 0 Å². The number of amides is 2. The van der Waals surface area contributed by atoms with Crippen LogP contribution in [0.5, 0.6) is 0 Å². The monoisotopic (exact) mass is 284 g/mol. The Kier molecular flexibility index (Phi) is 4.76. The summed E-state index contributed by atoms with van der Waals surface area (Å²) in [6, 6.07) is 16.0. The van der Waals surface area contributed by atoms with Gasteiger partial charge < -0.3 is 21.6 Å². The molecular formula is C15H16N4O2. The lowest BCUT2D eigenvalue weighted by Gasteiger charge is -2.08. The first-order chi connectivity index (χ1) is 10.2. The molecule has 2 rings (SSSR count). The zero-order valence-corrected chi connectivity index (χ0v) is 11.3. The molecule has 0 atom stereocenters. The van der Waals surface area contributed by atoms with E-state index in [9.17, 15) is 4.79 Å². The van der Waals surface area contributed by atoms with Crippen LogP contribution in [0.2, 0.25) is 0 Å². The quantitative estimate of drug-likeness (QED) is 0.300. The second-order valence-electron chi connectivity index (χ2n) is 4.41. The Balaban J connectivity index is 1.92. The van der Waals surface area contributed by atoms with Crippen molar-refractivity contribution in [2.45, 2.75) is 6.42 Å². The molecule has 0 spiro atoms. The average Bonchev–Trinajstić information content (AvgIpc) is 2.50. The molecule has 108 valence electrons. The van der Waals surface area contributed by atoms with E-state index < -0.39 is 0 Å². The number of carbonyl (C=O) groups is 1. The van der Waals surface area contributed by atoms with Gasteiger partial charge in [0, 0.05) is 17.8 Å². The summed E-state index contributed by atoms with van der Waals surface area (Å²) in [5.74, 6) is 0.137. The minimum absolute atomic E-state index is 0.137. The minimum Gasteiger partial charge on any atom is -0.409 e. The van der Waals surface area contributed by atoms with Gasteiger partial charge in [-0.3, -0.25) is 0 Å². The maximum Gasteiger partial charge on any atom is 0.323 e. The van der Waals surface area contributed by atoms with Crippen molar-refractivity contribution >= 4 is 23.2 Å². The summed E-state index contributed by atoms with van der Waals surface area (Å²) in [7, 11) is 0. The van der Waals surface area contributed by atoms with Gasteiger partial charge in [-0.15, -0.1) is 0 Å². The van der Waals surface area contributed by atoms with Crippen molar-refractivity contribution in [1.29, 1.82) is 0 Å². The second kappa shape index (κ2) is 6.95. The summed E-state index contributed by atoms with van der Waals surface area (Å²) >= 11 is 0. The van der Waals surface area contributed by atoms with E-state index in [2.05, 4.69) is 15.8 Å². The molecule has 2 amide bonds. The highest BCUT2D eigenvalue weighted by Gasteiger charge is 2.03. The molecule has 5 N–H and O–H groups in total. The lowest BCUT2D eigenvalue weighted by Crippen LogP contribution is -2.19. The molecule has 0 aliphatic carbocycles. The Labute approximate surface area is 122 Å². The van der Waals surface area contributed by atoms with Crippen molar-refractivity contribution in [3.8, 4) is 0 Å². The highest BCUT2D eigenvalue weighted by Crippen LogP contribution is 2.11. The first kappa shape index (κ1) is 14.4. The standard InChI is InChI=1S/C15H16N4O2/c16-14(19-21)10-11-6-8-13(9-7-11)18-15(20)17-12-4-2-1-3-5-12/h1-9,21H,10H2,(H2,16,19)(H2,17,18,20). The summed E-state index contributed by atoms with van der Waals surface area (Å²) in [6.07, 6.45) is 0.354. The predicted octanol–water partition coefficient (Wildman–Crippen LogP) is 2.62. The lowest BCUT2D eigenvalue weighted by atomic mass is 10.1. The van der Waals surface area contributed by atoms with Crippen LogP contribution < -0.4 is 16.4 Å². The van der Waals surface area contributed by atoms with E-state index >= 15 is 0 Å². The number of rotatable bonds is 4. The van der Waals surface area contributed by atoms with Crippen LogP contribution in [0.1, 0.15) is 5.56 Å². The Morgan fingerprint density at radius 3 is 2.14 bits per heavy atom. The van der Waals surface area contributed by atoms with Crippen molar-refractivity contribution in [3.63, 3.8) is 0 Å². The zero-order chi connectivity index (χ0) is 15.1. The van der Waals surface area contributed by atoms with Crippen LogP contribution in [0.4, 0.5) is 16.2 Å². The van der Waals surface area contributed by atoms with Gasteiger partial charge in [0.05, 0.1) is 0 Å². The van der Waals surface area contributed by atoms with Gasteiger partial charge in [0.15, 0.2) is 0 Å². The van der Waals surface area contributed by atoms with E-state index in [4.69, 9.17) is 10.9 Å². The van der Waals surface area contributed by atoms with Gasteiger partial charge in [-0.05, 0) is 29.8 Å². The molecule has 0 fully saturated rings. The molecule has 0 radical (unpaired) electrons. The van der Waals surface area contributed by atoms with Gasteiger partial charge in [-0.1, -0.05) is 35.5 Å². The molecular weight excluding hydrogens is 268 g/mol. The summed E-state index contributed by atoms with van der Waals surface area (Å²) in [5, 5.41) is 16.9. The molecule has 0 aromatic heterocycles. The van der Waals surface area contributed by atoms with Gasteiger partial charge in [-0.2, -0.15) is 0 Å². The van der Waals surface area contributed by atoms with E-state index in [0.29, 0.717) is 12.1 Å². The number of benzene rings is 2. The summed E-state index contributed by atoms with van der Waals surface area (Å²) in [5.41, 5.74) is 7.70. The van der Waals surface area contributed by atoms with Crippen LogP contribution in [-0.2, 0) is 6.42 Å². The van der Waals surface area contributed by atoms with Crippen molar-refractivity contribution in [1.82, 2.24) is 0 Å². The van der Waals surface area contributed by atoms with E-state index in [1.165, 1.54) is 0 Å². The third-order valence-corrected chi connectivity index (χ3v) is 2.76. The minimum atomic E-state index is -0.314. The van der Waals surface area contributed by atoms with Crippen molar-refractivity contribution in [2.24, 2.45) is 10.9 Å². The molecule has 0 aliphatic rings. The number of para-hydroxylation sites is 1. The molecule has 0 heterocycles. The normalized spacial score (nSPS) is 11.0. The van der Waals surface area contributed by atoms with E-state index in [-0.39, 0.29) is 11.9 Å². The van der Waals surface area contributed by atoms with Gasteiger partial charge in [0.25, 0.3) is 0 Å². The molecule has 0 aliphatic heterocycles. The number of oxime groups is 1. The molecule has 2 aromatic carbocycles. The van der Waals surface area contributed by atoms with Crippen LogP contribution in [0.25, 0.3) is 0 Å². The molecule has 2 aromatic rings. The van der Waals surface area contributed by atoms with Crippen molar-refractivity contribution < 1.29 is 10.0 Å². The average molecular weight is 284 g/mol. The number of nitrogens with one attached hydrogen (secondary N) is 2. The number of amidine groups is 1. The highest BCUT2D eigenvalue weighted by atomic mass is 16.4. The third kappa shape index (κ3) is 4.54. The van der Waals surface area contributed by atoms with E-state index in [0.717, 1.165) is 11.3 Å². The third-order valence-electron chi connectivity index (χ3n) is 2.76. The fraction of sp³-hybridized carbons (Fsp3) is 0.0667. The van der Waals surface area contributed by atoms with E-state index in [1.54, 1.807) is 36.4 Å². The summed E-state index contributed by atoms with van der Waals surface area (Å²) in [4.78, 5) is 11.8. The molecule has 0 unspecified atom stereocenters. The molecule has 0 saturated carbocycles. The summed E-state index contributed by atoms with van der Waals surface area (Å²) < 4.78 is 0. The van der Waals surface area contributed by atoms with Crippen LogP contribution in [0.15, 0.2) is 59.8 Å². The molecule has 21 heavy (non-hydrogen) atoms. The number of nitrogens with two attached hydrogens (primary N) is 1. The lowest BCUT2D eigenvalue weighted by molar-refractivity contribution is 0.262. The number of carbonyl (C=O) groups excluding carboxylic acids is 1. The van der Waals surface area contributed by atoms with Crippen LogP contribution in [0, 0.1) is 0 Å². The first-order valence-corrected chi connectivity index (χ1v) is 6.36. The first-order valence-electron chi connectivity index (χ1n) is 6.36. The zero-order valence-electron chi connectivity index (χ0n) is 11.3. The maximum atomic E-state index is 11.8. The van der Waals surface area contributed by atoms with Gasteiger partial charge >= 0.3 is 6.03 Å². The van der Waals surface area contributed by atoms with Gasteiger partial charge in [0.2, 0.25) is 0 Å². The predicted molar refractivity (Wildman–Crippen MR) is 82.6 cm³/mol. The van der Waals surface area contributed by atoms with E-state index in [1.807, 2.05) is 18.2 Å². The van der Waals surface area contributed by atoms with Crippen LogP contribution in [-0.4, -0.2) is 17.1 Å². The Morgan fingerprint density at radius 1 is 1.00 bits per heavy atom. The highest BCUT2D eigenvalue weighted by molar-refractivity contribution is 5.99. The number of hydrogen-bond acceptors (Lipinski definition) is 3. The smallest absolute Gasteiger partial charge is 0.323 e. The van der Waals surface area contributed by atoms with Gasteiger partial charge in [0.1, 0.15) is 5.84 Å². The molecule has 6 nitrogen and oxygen atoms in total. The number of nitrogens with zero attached hydrogens (tertiary/aromatic N) is 1. The SMILES string of the molecule is NC(Cc1ccc(NC(=O)Nc2ccccc2)cc1)=NO. The van der Waals surface area contributed by atoms with Crippen LogP contribution >= 0.6 is 0 Å². The van der Waals surface area contributed by atoms with Gasteiger partial charge in [-0.25, -0.2) is 4.79 Å². The van der Waals surface area contributed by atoms with Crippen molar-refractivity contribution in [2.75, 3.05) is 10.6 Å².